The number of ether oxygens (including phenoxy) is 1. The summed E-state index contributed by atoms with van der Waals surface area (Å²) in [5.74, 6) is -1.45. The number of Topliss-reactive ketones (excluding diaryl/α,β-unsaturated/α-hetero) is 2. The number of halogens is 1. The molecule has 0 atom stereocenters. The minimum Gasteiger partial charge on any atom is -0.548 e. The van der Waals surface area contributed by atoms with Gasteiger partial charge < -0.3 is 19.5 Å². The molecule has 0 unspecified atom stereocenters. The predicted molar refractivity (Wildman–Crippen MR) is 123 cm³/mol. The Kier molecular flexibility index (Phi) is 5.72. The highest BCUT2D eigenvalue weighted by molar-refractivity contribution is 6.32. The van der Waals surface area contributed by atoms with E-state index in [-0.39, 0.29) is 28.9 Å². The fraction of sp³-hybridized carbons (Fsp3) is 0.500. The SMILES string of the molecule is COc1ccc(C2C3=C(CC(C)(C)CC3=O)N(CC(=O)[O-])C3=C2C(=O)CC(C)(C)C3)cc1Cl. The van der Waals surface area contributed by atoms with Crippen molar-refractivity contribution < 1.29 is 24.2 Å². The standard InChI is InChI=1S/C26H30ClNO5/c1-25(2)9-16-23(18(29)11-25)22(14-6-7-20(33-5)15(27)8-14)24-17(28(16)13-21(31)32)10-26(3,4)12-19(24)30/h6-8,22H,9-13H2,1-5H3,(H,31,32)/p-1. The molecule has 7 heteroatoms. The van der Waals surface area contributed by atoms with Gasteiger partial charge >= 0.3 is 0 Å². The molecule has 1 heterocycles. The molecule has 176 valence electrons. The number of ketones is 2. The van der Waals surface area contributed by atoms with E-state index in [2.05, 4.69) is 0 Å². The number of rotatable bonds is 4. The number of hydrogen-bond donors (Lipinski definition) is 0. The van der Waals surface area contributed by atoms with E-state index in [9.17, 15) is 19.5 Å². The summed E-state index contributed by atoms with van der Waals surface area (Å²) in [6.45, 7) is 7.63. The van der Waals surface area contributed by atoms with Crippen molar-refractivity contribution in [3.05, 3.63) is 51.3 Å². The van der Waals surface area contributed by atoms with Gasteiger partial charge in [-0.1, -0.05) is 45.4 Å². The Labute approximate surface area is 199 Å². The molecule has 0 radical (unpaired) electrons. The van der Waals surface area contributed by atoms with Gasteiger partial charge in [0.1, 0.15) is 5.75 Å². The van der Waals surface area contributed by atoms with Crippen molar-refractivity contribution in [3.63, 3.8) is 0 Å². The fourth-order valence-electron chi connectivity index (χ4n) is 5.56. The molecular weight excluding hydrogens is 442 g/mol. The third-order valence-electron chi connectivity index (χ3n) is 6.82. The van der Waals surface area contributed by atoms with Crippen molar-refractivity contribution in [2.75, 3.05) is 13.7 Å². The number of nitrogens with zero attached hydrogens (tertiary/aromatic N) is 1. The van der Waals surface area contributed by atoms with Crippen molar-refractivity contribution in [2.24, 2.45) is 10.8 Å². The summed E-state index contributed by atoms with van der Waals surface area (Å²) >= 11 is 6.44. The van der Waals surface area contributed by atoms with E-state index < -0.39 is 11.9 Å². The van der Waals surface area contributed by atoms with Gasteiger partial charge in [-0.2, -0.15) is 0 Å². The molecule has 0 fully saturated rings. The lowest BCUT2D eigenvalue weighted by molar-refractivity contribution is -0.305. The van der Waals surface area contributed by atoms with Gasteiger partial charge in [-0.3, -0.25) is 9.59 Å². The van der Waals surface area contributed by atoms with Crippen LogP contribution in [0.5, 0.6) is 5.75 Å². The molecule has 1 aliphatic heterocycles. The number of methoxy groups -OCH3 is 1. The topological polar surface area (TPSA) is 86.7 Å². The Morgan fingerprint density at radius 3 is 1.97 bits per heavy atom. The number of aliphatic carboxylic acids is 1. The first-order chi connectivity index (χ1) is 15.3. The first kappa shape index (κ1) is 23.6. The molecular formula is C26H29ClNO5-. The van der Waals surface area contributed by atoms with Crippen LogP contribution in [0.2, 0.25) is 5.02 Å². The van der Waals surface area contributed by atoms with Crippen molar-refractivity contribution in [1.82, 2.24) is 4.90 Å². The van der Waals surface area contributed by atoms with Crippen molar-refractivity contribution >= 4 is 29.1 Å². The Hall–Kier alpha value is -2.60. The van der Waals surface area contributed by atoms with E-state index >= 15 is 0 Å². The van der Waals surface area contributed by atoms with Crippen LogP contribution in [0.4, 0.5) is 0 Å². The number of allylic oxidation sites excluding steroid dienone is 4. The molecule has 2 aliphatic carbocycles. The van der Waals surface area contributed by atoms with E-state index in [0.29, 0.717) is 59.0 Å². The molecule has 1 aromatic carbocycles. The maximum absolute atomic E-state index is 13.5. The molecule has 6 nitrogen and oxygen atoms in total. The highest BCUT2D eigenvalue weighted by Crippen LogP contribution is 2.54. The van der Waals surface area contributed by atoms with Crippen LogP contribution in [0.25, 0.3) is 0 Å². The molecule has 0 saturated heterocycles. The Bertz CT molecular complexity index is 1070. The monoisotopic (exact) mass is 470 g/mol. The average molecular weight is 471 g/mol. The molecule has 4 rings (SSSR count). The molecule has 0 spiro atoms. The minimum absolute atomic E-state index is 0.0641. The van der Waals surface area contributed by atoms with Crippen LogP contribution in [0.1, 0.15) is 64.9 Å². The summed E-state index contributed by atoms with van der Waals surface area (Å²) in [4.78, 5) is 40.5. The molecule has 0 saturated carbocycles. The number of carboxylic acids is 1. The molecule has 0 bridgehead atoms. The Morgan fingerprint density at radius 1 is 1.03 bits per heavy atom. The third-order valence-corrected chi connectivity index (χ3v) is 7.11. The lowest BCUT2D eigenvalue weighted by atomic mass is 9.63. The second-order valence-electron chi connectivity index (χ2n) is 10.9. The van der Waals surface area contributed by atoms with Crippen LogP contribution >= 0.6 is 11.6 Å². The normalized spacial score (nSPS) is 22.3. The second kappa shape index (κ2) is 8.01. The van der Waals surface area contributed by atoms with E-state index in [1.54, 1.807) is 17.0 Å². The van der Waals surface area contributed by atoms with Crippen LogP contribution < -0.4 is 9.84 Å². The van der Waals surface area contributed by atoms with Gasteiger partial charge in [0.2, 0.25) is 0 Å². The number of carboxylic acid groups (broad SMARTS) is 1. The van der Waals surface area contributed by atoms with Crippen molar-refractivity contribution in [3.8, 4) is 5.75 Å². The summed E-state index contributed by atoms with van der Waals surface area (Å²) in [7, 11) is 1.53. The van der Waals surface area contributed by atoms with E-state index in [0.717, 1.165) is 5.56 Å². The zero-order valence-electron chi connectivity index (χ0n) is 19.7. The average Bonchev–Trinajstić information content (AvgIpc) is 2.67. The zero-order valence-corrected chi connectivity index (χ0v) is 20.5. The van der Waals surface area contributed by atoms with E-state index in [4.69, 9.17) is 16.3 Å². The van der Waals surface area contributed by atoms with Crippen molar-refractivity contribution in [1.29, 1.82) is 0 Å². The Balaban J connectivity index is 2.01. The first-order valence-electron chi connectivity index (χ1n) is 11.2. The zero-order chi connectivity index (χ0) is 24.3. The molecule has 0 aromatic heterocycles. The van der Waals surface area contributed by atoms with Crippen LogP contribution in [0.3, 0.4) is 0 Å². The van der Waals surface area contributed by atoms with Crippen molar-refractivity contribution in [2.45, 2.75) is 59.3 Å². The molecule has 0 N–H and O–H groups in total. The van der Waals surface area contributed by atoms with Gasteiger partial charge in [0.25, 0.3) is 0 Å². The highest BCUT2D eigenvalue weighted by Gasteiger charge is 2.49. The quantitative estimate of drug-likeness (QED) is 0.665. The molecule has 0 amide bonds. The third kappa shape index (κ3) is 4.21. The van der Waals surface area contributed by atoms with Gasteiger partial charge in [-0.25, -0.2) is 0 Å². The van der Waals surface area contributed by atoms with Gasteiger partial charge in [-0.05, 0) is 41.4 Å². The maximum atomic E-state index is 13.5. The lowest BCUT2D eigenvalue weighted by Crippen LogP contribution is -2.47. The van der Waals surface area contributed by atoms with Gasteiger partial charge in [0.15, 0.2) is 11.6 Å². The largest absolute Gasteiger partial charge is 0.548 e. The summed E-state index contributed by atoms with van der Waals surface area (Å²) in [5.41, 5.74) is 2.45. The predicted octanol–water partition coefficient (Wildman–Crippen LogP) is 3.78. The maximum Gasteiger partial charge on any atom is 0.162 e. The summed E-state index contributed by atoms with van der Waals surface area (Å²) in [5, 5.41) is 12.2. The summed E-state index contributed by atoms with van der Waals surface area (Å²) in [6.07, 6.45) is 1.72. The molecule has 3 aliphatic rings. The highest BCUT2D eigenvalue weighted by atomic mass is 35.5. The second-order valence-corrected chi connectivity index (χ2v) is 11.3. The van der Waals surface area contributed by atoms with Crippen LogP contribution in [-0.4, -0.2) is 36.1 Å². The smallest absolute Gasteiger partial charge is 0.162 e. The summed E-state index contributed by atoms with van der Waals surface area (Å²) in [6, 6.07) is 5.31. The Morgan fingerprint density at radius 2 is 1.55 bits per heavy atom. The number of carbonyl (C=O) groups is 3. The van der Waals surface area contributed by atoms with E-state index in [1.807, 2.05) is 33.8 Å². The fourth-order valence-corrected chi connectivity index (χ4v) is 5.83. The lowest BCUT2D eigenvalue weighted by Gasteiger charge is -2.49. The number of benzene rings is 1. The van der Waals surface area contributed by atoms with Crippen LogP contribution in [0, 0.1) is 10.8 Å². The van der Waals surface area contributed by atoms with Gasteiger partial charge in [0, 0.05) is 41.3 Å². The van der Waals surface area contributed by atoms with Crippen LogP contribution in [0.15, 0.2) is 40.7 Å². The summed E-state index contributed by atoms with van der Waals surface area (Å²) < 4.78 is 5.29. The van der Waals surface area contributed by atoms with E-state index in [1.165, 1.54) is 7.11 Å². The first-order valence-corrected chi connectivity index (χ1v) is 11.5. The molecule has 1 aromatic rings. The molecule has 33 heavy (non-hydrogen) atoms. The minimum atomic E-state index is -1.24. The van der Waals surface area contributed by atoms with Crippen LogP contribution in [-0.2, 0) is 14.4 Å². The number of hydrogen-bond acceptors (Lipinski definition) is 6. The van der Waals surface area contributed by atoms with Gasteiger partial charge in [0.05, 0.1) is 24.6 Å². The number of carbonyl (C=O) groups excluding carboxylic acids is 3. The van der Waals surface area contributed by atoms with Gasteiger partial charge in [-0.15, -0.1) is 0 Å².